The van der Waals surface area contributed by atoms with Gasteiger partial charge in [0, 0.05) is 17.7 Å². The van der Waals surface area contributed by atoms with E-state index in [1.807, 2.05) is 6.07 Å². The lowest BCUT2D eigenvalue weighted by Crippen LogP contribution is -2.25. The number of halogens is 1. The third-order valence-corrected chi connectivity index (χ3v) is 2.97. The first-order chi connectivity index (χ1) is 7.88. The first kappa shape index (κ1) is 12.1. The highest BCUT2D eigenvalue weighted by Crippen LogP contribution is 2.26. The van der Waals surface area contributed by atoms with Gasteiger partial charge in [-0.25, -0.2) is 0 Å². The Labute approximate surface area is 105 Å². The predicted molar refractivity (Wildman–Crippen MR) is 67.7 cm³/mol. The van der Waals surface area contributed by atoms with Crippen LogP contribution < -0.4 is 5.32 Å². The molecule has 0 bridgehead atoms. The fourth-order valence-corrected chi connectivity index (χ4v) is 1.98. The predicted octanol–water partition coefficient (Wildman–Crippen LogP) is 2.77. The van der Waals surface area contributed by atoms with E-state index in [9.17, 15) is 9.59 Å². The van der Waals surface area contributed by atoms with Crippen LogP contribution >= 0.6 is 11.6 Å². The van der Waals surface area contributed by atoms with Gasteiger partial charge in [0.2, 0.25) is 5.91 Å². The van der Waals surface area contributed by atoms with Gasteiger partial charge in [0.05, 0.1) is 0 Å². The summed E-state index contributed by atoms with van der Waals surface area (Å²) in [5.41, 5.74) is 2.39. The lowest BCUT2D eigenvalue weighted by Gasteiger charge is -2.19. The summed E-state index contributed by atoms with van der Waals surface area (Å²) in [5.74, 6) is -0.0758. The van der Waals surface area contributed by atoms with Gasteiger partial charge >= 0.3 is 0 Å². The molecule has 1 amide bonds. The summed E-state index contributed by atoms with van der Waals surface area (Å²) < 4.78 is 0. The van der Waals surface area contributed by atoms with Crippen LogP contribution in [0.1, 0.15) is 36.2 Å². The van der Waals surface area contributed by atoms with Gasteiger partial charge < -0.3 is 5.32 Å². The molecule has 1 aliphatic heterocycles. The van der Waals surface area contributed by atoms with Crippen LogP contribution in [0.2, 0.25) is 0 Å². The Balaban J connectivity index is 2.35. The number of rotatable bonds is 2. The Hall–Kier alpha value is -1.35. The zero-order valence-electron chi connectivity index (χ0n) is 9.84. The molecule has 17 heavy (non-hydrogen) atoms. The van der Waals surface area contributed by atoms with Crippen LogP contribution in [0.5, 0.6) is 0 Å². The standard InChI is InChI=1S/C13H14ClNO2/c1-13(2,14)12(17)9-3-5-10-8(7-9)4-6-11(16)15-10/h3,5,7H,4,6H2,1-2H3,(H,15,16). The summed E-state index contributed by atoms with van der Waals surface area (Å²) >= 11 is 6.01. The van der Waals surface area contributed by atoms with E-state index in [0.29, 0.717) is 18.4 Å². The zero-order chi connectivity index (χ0) is 12.6. The van der Waals surface area contributed by atoms with Crippen LogP contribution in [0.15, 0.2) is 18.2 Å². The van der Waals surface area contributed by atoms with Crippen molar-refractivity contribution < 1.29 is 9.59 Å². The molecule has 1 N–H and O–H groups in total. The number of carbonyl (C=O) groups is 2. The molecule has 0 fully saturated rings. The maximum absolute atomic E-state index is 12.0. The smallest absolute Gasteiger partial charge is 0.224 e. The van der Waals surface area contributed by atoms with E-state index in [0.717, 1.165) is 11.3 Å². The average molecular weight is 252 g/mol. The number of amides is 1. The van der Waals surface area contributed by atoms with E-state index in [4.69, 9.17) is 11.6 Å². The summed E-state index contributed by atoms with van der Waals surface area (Å²) in [5, 5.41) is 2.78. The number of hydrogen-bond acceptors (Lipinski definition) is 2. The van der Waals surface area contributed by atoms with E-state index in [1.165, 1.54) is 0 Å². The quantitative estimate of drug-likeness (QED) is 0.649. The molecule has 0 unspecified atom stereocenters. The van der Waals surface area contributed by atoms with Crippen molar-refractivity contribution in [1.29, 1.82) is 0 Å². The Bertz CT molecular complexity index is 489. The van der Waals surface area contributed by atoms with Crippen molar-refractivity contribution in [3.8, 4) is 0 Å². The number of fused-ring (bicyclic) bond motifs is 1. The molecule has 1 aliphatic rings. The molecule has 1 aromatic rings. The number of hydrogen-bond donors (Lipinski definition) is 1. The van der Waals surface area contributed by atoms with Gasteiger partial charge in [-0.3, -0.25) is 9.59 Å². The number of nitrogens with one attached hydrogen (secondary N) is 1. The highest BCUT2D eigenvalue weighted by molar-refractivity contribution is 6.37. The molecule has 1 heterocycles. The maximum Gasteiger partial charge on any atom is 0.224 e. The van der Waals surface area contributed by atoms with Crippen molar-refractivity contribution >= 4 is 29.0 Å². The van der Waals surface area contributed by atoms with E-state index < -0.39 is 4.87 Å². The second-order valence-corrected chi connectivity index (χ2v) is 5.67. The summed E-state index contributed by atoms with van der Waals surface area (Å²) in [7, 11) is 0. The molecule has 4 heteroatoms. The number of Topliss-reactive ketones (excluding diaryl/α,β-unsaturated/α-hetero) is 1. The molecule has 0 aliphatic carbocycles. The Morgan fingerprint density at radius 2 is 2.06 bits per heavy atom. The SMILES string of the molecule is CC(C)(Cl)C(=O)c1ccc2c(c1)CCC(=O)N2. The van der Waals surface area contributed by atoms with Crippen LogP contribution in [0.25, 0.3) is 0 Å². The largest absolute Gasteiger partial charge is 0.326 e. The van der Waals surface area contributed by atoms with Crippen LogP contribution in [-0.4, -0.2) is 16.6 Å². The number of aryl methyl sites for hydroxylation is 1. The van der Waals surface area contributed by atoms with E-state index in [2.05, 4.69) is 5.32 Å². The molecule has 2 rings (SSSR count). The number of benzene rings is 1. The van der Waals surface area contributed by atoms with Crippen LogP contribution in [0, 0.1) is 0 Å². The second-order valence-electron chi connectivity index (χ2n) is 4.72. The molecule has 0 atom stereocenters. The van der Waals surface area contributed by atoms with Gasteiger partial charge in [-0.2, -0.15) is 0 Å². The summed E-state index contributed by atoms with van der Waals surface area (Å²) in [6.45, 7) is 3.36. The van der Waals surface area contributed by atoms with Gasteiger partial charge in [-0.05, 0) is 44.0 Å². The molecule has 1 aromatic carbocycles. The average Bonchev–Trinajstić information content (AvgIpc) is 2.26. The van der Waals surface area contributed by atoms with Gasteiger partial charge in [-0.15, -0.1) is 11.6 Å². The fraction of sp³-hybridized carbons (Fsp3) is 0.385. The molecular weight excluding hydrogens is 238 g/mol. The molecule has 0 radical (unpaired) electrons. The second kappa shape index (κ2) is 4.15. The first-order valence-electron chi connectivity index (χ1n) is 5.54. The molecule has 0 spiro atoms. The monoisotopic (exact) mass is 251 g/mol. The minimum absolute atomic E-state index is 0.0225. The van der Waals surface area contributed by atoms with Crippen molar-refractivity contribution in [3.63, 3.8) is 0 Å². The van der Waals surface area contributed by atoms with E-state index in [1.54, 1.807) is 26.0 Å². The topological polar surface area (TPSA) is 46.2 Å². The van der Waals surface area contributed by atoms with E-state index >= 15 is 0 Å². The number of ketones is 1. The molecule has 3 nitrogen and oxygen atoms in total. The van der Waals surface area contributed by atoms with Crippen molar-refractivity contribution in [2.45, 2.75) is 31.6 Å². The summed E-state index contributed by atoms with van der Waals surface area (Å²) in [6, 6.07) is 5.29. The van der Waals surface area contributed by atoms with Gasteiger partial charge in [0.25, 0.3) is 0 Å². The molecule has 0 saturated heterocycles. The molecule has 90 valence electrons. The Morgan fingerprint density at radius 1 is 1.35 bits per heavy atom. The minimum atomic E-state index is -0.897. The Morgan fingerprint density at radius 3 is 2.71 bits per heavy atom. The number of anilines is 1. The maximum atomic E-state index is 12.0. The van der Waals surface area contributed by atoms with E-state index in [-0.39, 0.29) is 11.7 Å². The van der Waals surface area contributed by atoms with Crippen molar-refractivity contribution in [2.24, 2.45) is 0 Å². The highest BCUT2D eigenvalue weighted by atomic mass is 35.5. The Kier molecular flexibility index (Phi) is 2.96. The van der Waals surface area contributed by atoms with Gasteiger partial charge in [-0.1, -0.05) is 0 Å². The van der Waals surface area contributed by atoms with Crippen molar-refractivity contribution in [2.75, 3.05) is 5.32 Å². The van der Waals surface area contributed by atoms with Crippen molar-refractivity contribution in [3.05, 3.63) is 29.3 Å². The third-order valence-electron chi connectivity index (χ3n) is 2.80. The molecule has 0 aromatic heterocycles. The summed E-state index contributed by atoms with van der Waals surface area (Å²) in [6.07, 6.45) is 1.14. The third kappa shape index (κ3) is 2.50. The molecule has 0 saturated carbocycles. The van der Waals surface area contributed by atoms with Crippen LogP contribution in [0.4, 0.5) is 5.69 Å². The highest BCUT2D eigenvalue weighted by Gasteiger charge is 2.26. The summed E-state index contributed by atoms with van der Waals surface area (Å²) in [4.78, 5) is 22.3. The number of alkyl halides is 1. The normalized spacial score (nSPS) is 15.1. The fourth-order valence-electron chi connectivity index (χ4n) is 1.87. The minimum Gasteiger partial charge on any atom is -0.326 e. The lowest BCUT2D eigenvalue weighted by molar-refractivity contribution is -0.116. The van der Waals surface area contributed by atoms with Crippen molar-refractivity contribution in [1.82, 2.24) is 0 Å². The zero-order valence-corrected chi connectivity index (χ0v) is 10.6. The number of carbonyl (C=O) groups excluding carboxylic acids is 2. The first-order valence-corrected chi connectivity index (χ1v) is 5.92. The van der Waals surface area contributed by atoms with Crippen LogP contribution in [0.3, 0.4) is 0 Å². The molecular formula is C13H14ClNO2. The van der Waals surface area contributed by atoms with Gasteiger partial charge in [0.15, 0.2) is 5.78 Å². The van der Waals surface area contributed by atoms with Gasteiger partial charge in [0.1, 0.15) is 4.87 Å². The lowest BCUT2D eigenvalue weighted by atomic mass is 9.95. The van der Waals surface area contributed by atoms with Crippen LogP contribution in [-0.2, 0) is 11.2 Å².